The highest BCUT2D eigenvalue weighted by Gasteiger charge is 2.34. The molecular formula is C25H38FN3O6. The van der Waals surface area contributed by atoms with E-state index in [4.69, 9.17) is 18.9 Å². The summed E-state index contributed by atoms with van der Waals surface area (Å²) in [5.41, 5.74) is -0.196. The Morgan fingerprint density at radius 2 is 1.66 bits per heavy atom. The van der Waals surface area contributed by atoms with Crippen LogP contribution in [0.15, 0.2) is 12.1 Å². The van der Waals surface area contributed by atoms with Gasteiger partial charge in [-0.3, -0.25) is 5.32 Å². The standard InChI is InChI=1S/C25H38FN3O6/c1-24(2,3)34-22(30)27-17-7-8-20(17)33-15-16-13-18(28-23(31)35-25(4,5)6)21(26)19(14-16)29-9-11-32-12-10-29/h13-14,17,20H,7-12,15H2,1-6H3,(H,27,30)(H,28,31)/t17-,20-/m1/s1. The van der Waals surface area contributed by atoms with Crippen molar-refractivity contribution < 1.29 is 32.9 Å². The normalized spacial score (nSPS) is 20.6. The van der Waals surface area contributed by atoms with Crippen LogP contribution in [-0.2, 0) is 25.6 Å². The van der Waals surface area contributed by atoms with Gasteiger partial charge in [0.2, 0.25) is 0 Å². The Hall–Kier alpha value is -2.59. The van der Waals surface area contributed by atoms with Gasteiger partial charge in [0.1, 0.15) is 11.2 Å². The van der Waals surface area contributed by atoms with Crippen LogP contribution in [-0.4, -0.2) is 61.8 Å². The topological polar surface area (TPSA) is 98.4 Å². The van der Waals surface area contributed by atoms with Crippen LogP contribution in [0.2, 0.25) is 0 Å². The van der Waals surface area contributed by atoms with Gasteiger partial charge in [0, 0.05) is 13.1 Å². The molecule has 2 aliphatic rings. The number of morpholine rings is 1. The summed E-state index contributed by atoms with van der Waals surface area (Å²) in [7, 11) is 0. The van der Waals surface area contributed by atoms with Gasteiger partial charge in [-0.05, 0) is 72.1 Å². The molecule has 1 heterocycles. The lowest BCUT2D eigenvalue weighted by molar-refractivity contribution is -0.0391. The van der Waals surface area contributed by atoms with Crippen LogP contribution in [0.4, 0.5) is 25.4 Å². The number of halogens is 1. The third kappa shape index (κ3) is 8.24. The number of benzene rings is 1. The van der Waals surface area contributed by atoms with E-state index >= 15 is 4.39 Å². The summed E-state index contributed by atoms with van der Waals surface area (Å²) in [4.78, 5) is 26.3. The average Bonchev–Trinajstić information content (AvgIpc) is 2.71. The van der Waals surface area contributed by atoms with Gasteiger partial charge in [-0.25, -0.2) is 14.0 Å². The third-order valence-corrected chi connectivity index (χ3v) is 5.48. The predicted octanol–water partition coefficient (Wildman–Crippen LogP) is 4.58. The minimum Gasteiger partial charge on any atom is -0.444 e. The number of nitrogens with one attached hydrogen (secondary N) is 2. The lowest BCUT2D eigenvalue weighted by atomic mass is 9.89. The van der Waals surface area contributed by atoms with E-state index in [1.807, 2.05) is 25.7 Å². The van der Waals surface area contributed by atoms with Crippen molar-refractivity contribution in [3.63, 3.8) is 0 Å². The number of alkyl carbamates (subject to hydrolysis) is 1. The minimum atomic E-state index is -0.733. The first kappa shape index (κ1) is 27.0. The van der Waals surface area contributed by atoms with Crippen molar-refractivity contribution in [1.29, 1.82) is 0 Å². The van der Waals surface area contributed by atoms with E-state index in [0.29, 0.717) is 37.6 Å². The van der Waals surface area contributed by atoms with Gasteiger partial charge in [0.25, 0.3) is 0 Å². The van der Waals surface area contributed by atoms with E-state index in [9.17, 15) is 9.59 Å². The van der Waals surface area contributed by atoms with Gasteiger partial charge >= 0.3 is 12.2 Å². The van der Waals surface area contributed by atoms with Crippen molar-refractivity contribution in [3.05, 3.63) is 23.5 Å². The molecule has 2 N–H and O–H groups in total. The van der Waals surface area contributed by atoms with E-state index in [1.54, 1.807) is 32.9 Å². The van der Waals surface area contributed by atoms with Crippen molar-refractivity contribution in [3.8, 4) is 0 Å². The van der Waals surface area contributed by atoms with Crippen molar-refractivity contribution in [2.45, 2.75) is 84.3 Å². The molecular weight excluding hydrogens is 457 g/mol. The molecule has 9 nitrogen and oxygen atoms in total. The molecule has 196 valence electrons. The molecule has 0 aromatic heterocycles. The summed E-state index contributed by atoms with van der Waals surface area (Å²) >= 11 is 0. The molecule has 0 spiro atoms. The van der Waals surface area contributed by atoms with Gasteiger partial charge in [0.05, 0.1) is 43.3 Å². The molecule has 2 amide bonds. The first-order chi connectivity index (χ1) is 16.3. The summed E-state index contributed by atoms with van der Waals surface area (Å²) in [6.07, 6.45) is 0.194. The second-order valence-electron chi connectivity index (χ2n) is 10.9. The van der Waals surface area contributed by atoms with Crippen LogP contribution < -0.4 is 15.5 Å². The van der Waals surface area contributed by atoms with Crippen molar-refractivity contribution in [1.82, 2.24) is 5.32 Å². The fourth-order valence-electron chi connectivity index (χ4n) is 3.79. The number of hydrogen-bond donors (Lipinski definition) is 2. The molecule has 1 aromatic carbocycles. The SMILES string of the molecule is CC(C)(C)OC(=O)Nc1cc(CO[C@@H]2CC[C@H]2NC(=O)OC(C)(C)C)cc(N2CCOCC2)c1F. The Labute approximate surface area is 206 Å². The number of rotatable bonds is 6. The lowest BCUT2D eigenvalue weighted by Crippen LogP contribution is -2.52. The molecule has 1 aromatic rings. The van der Waals surface area contributed by atoms with Gasteiger partial charge in [0.15, 0.2) is 5.82 Å². The predicted molar refractivity (Wildman–Crippen MR) is 130 cm³/mol. The fourth-order valence-corrected chi connectivity index (χ4v) is 3.79. The van der Waals surface area contributed by atoms with Crippen molar-refractivity contribution >= 4 is 23.6 Å². The fraction of sp³-hybridized carbons (Fsp3) is 0.680. The number of anilines is 2. The zero-order valence-corrected chi connectivity index (χ0v) is 21.5. The molecule has 1 saturated heterocycles. The molecule has 1 saturated carbocycles. The number of nitrogens with zero attached hydrogens (tertiary/aromatic N) is 1. The van der Waals surface area contributed by atoms with E-state index in [-0.39, 0.29) is 24.4 Å². The molecule has 35 heavy (non-hydrogen) atoms. The Balaban J connectivity index is 1.70. The number of carbonyl (C=O) groups excluding carboxylic acids is 2. The molecule has 3 rings (SSSR count). The van der Waals surface area contributed by atoms with Crippen LogP contribution in [0.5, 0.6) is 0 Å². The highest BCUT2D eigenvalue weighted by Crippen LogP contribution is 2.31. The summed E-state index contributed by atoms with van der Waals surface area (Å²) in [5, 5.41) is 5.38. The summed E-state index contributed by atoms with van der Waals surface area (Å²) in [6, 6.07) is 3.14. The minimum absolute atomic E-state index is 0.0267. The van der Waals surface area contributed by atoms with Crippen LogP contribution in [0, 0.1) is 5.82 Å². The molecule has 1 aliphatic carbocycles. The van der Waals surface area contributed by atoms with Crippen LogP contribution >= 0.6 is 0 Å². The zero-order valence-electron chi connectivity index (χ0n) is 21.5. The highest BCUT2D eigenvalue weighted by atomic mass is 19.1. The Kier molecular flexibility index (Phi) is 8.48. The van der Waals surface area contributed by atoms with Crippen molar-refractivity contribution in [2.24, 2.45) is 0 Å². The molecule has 2 atom stereocenters. The molecule has 10 heteroatoms. The Morgan fingerprint density at radius 3 is 2.23 bits per heavy atom. The van der Waals surface area contributed by atoms with Crippen LogP contribution in [0.25, 0.3) is 0 Å². The summed E-state index contributed by atoms with van der Waals surface area (Å²) < 4.78 is 37.5. The van der Waals surface area contributed by atoms with Gasteiger partial charge in [-0.15, -0.1) is 0 Å². The third-order valence-electron chi connectivity index (χ3n) is 5.48. The maximum atomic E-state index is 15.4. The molecule has 0 bridgehead atoms. The largest absolute Gasteiger partial charge is 0.444 e. The number of hydrogen-bond acceptors (Lipinski definition) is 7. The number of carbonyl (C=O) groups is 2. The Morgan fingerprint density at radius 1 is 1.03 bits per heavy atom. The van der Waals surface area contributed by atoms with E-state index in [1.165, 1.54) is 0 Å². The molecule has 0 radical (unpaired) electrons. The molecule has 0 unspecified atom stereocenters. The van der Waals surface area contributed by atoms with Gasteiger partial charge < -0.3 is 29.2 Å². The van der Waals surface area contributed by atoms with Crippen LogP contribution in [0.3, 0.4) is 0 Å². The first-order valence-corrected chi connectivity index (χ1v) is 12.1. The van der Waals surface area contributed by atoms with Gasteiger partial charge in [-0.2, -0.15) is 0 Å². The number of amides is 2. The maximum absolute atomic E-state index is 15.4. The zero-order chi connectivity index (χ0) is 25.8. The van der Waals surface area contributed by atoms with E-state index in [0.717, 1.165) is 12.8 Å². The Bertz CT molecular complexity index is 906. The lowest BCUT2D eigenvalue weighted by Gasteiger charge is -2.37. The van der Waals surface area contributed by atoms with Gasteiger partial charge in [-0.1, -0.05) is 0 Å². The second-order valence-corrected chi connectivity index (χ2v) is 10.9. The maximum Gasteiger partial charge on any atom is 0.412 e. The smallest absolute Gasteiger partial charge is 0.412 e. The summed E-state index contributed by atoms with van der Waals surface area (Å²) in [5.74, 6) is -0.533. The van der Waals surface area contributed by atoms with E-state index in [2.05, 4.69) is 10.6 Å². The van der Waals surface area contributed by atoms with E-state index < -0.39 is 29.2 Å². The summed E-state index contributed by atoms with van der Waals surface area (Å²) in [6.45, 7) is 12.9. The average molecular weight is 496 g/mol. The molecule has 2 fully saturated rings. The quantitative estimate of drug-likeness (QED) is 0.596. The second kappa shape index (κ2) is 11.0. The first-order valence-electron chi connectivity index (χ1n) is 12.1. The number of ether oxygens (including phenoxy) is 4. The van der Waals surface area contributed by atoms with Crippen molar-refractivity contribution in [2.75, 3.05) is 36.5 Å². The monoisotopic (exact) mass is 495 g/mol. The van der Waals surface area contributed by atoms with Crippen LogP contribution in [0.1, 0.15) is 59.9 Å². The molecule has 1 aliphatic heterocycles. The highest BCUT2D eigenvalue weighted by molar-refractivity contribution is 5.86.